The van der Waals surface area contributed by atoms with Crippen molar-refractivity contribution in [3.05, 3.63) is 39.0 Å². The average molecular weight is 295 g/mol. The number of aryl methyl sites for hydroxylation is 1. The highest BCUT2D eigenvalue weighted by molar-refractivity contribution is 6.38. The Morgan fingerprint density at radius 2 is 2.11 bits per heavy atom. The van der Waals surface area contributed by atoms with Crippen LogP contribution in [0.25, 0.3) is 10.9 Å². The minimum absolute atomic E-state index is 0.648. The van der Waals surface area contributed by atoms with Crippen molar-refractivity contribution in [1.82, 2.24) is 10.3 Å². The standard InChI is InChI=1S/C15H16Cl2N2/c1-2-18-8-12-10-4-3-5-14(10)19-15-11(12)6-9(16)7-13(15)17/h6-7,18H,2-5,8H2,1H3. The molecular formula is C15H16Cl2N2. The summed E-state index contributed by atoms with van der Waals surface area (Å²) < 4.78 is 0. The van der Waals surface area contributed by atoms with E-state index < -0.39 is 0 Å². The Morgan fingerprint density at radius 1 is 1.26 bits per heavy atom. The summed E-state index contributed by atoms with van der Waals surface area (Å²) in [7, 11) is 0. The van der Waals surface area contributed by atoms with Gasteiger partial charge in [-0.05, 0) is 49.1 Å². The van der Waals surface area contributed by atoms with Gasteiger partial charge in [0.05, 0.1) is 10.5 Å². The number of halogens is 2. The van der Waals surface area contributed by atoms with Gasteiger partial charge in [-0.15, -0.1) is 0 Å². The SMILES string of the molecule is CCNCc1c2c(nc3c(Cl)cc(Cl)cc13)CCC2. The van der Waals surface area contributed by atoms with Gasteiger partial charge in [0.1, 0.15) is 0 Å². The lowest BCUT2D eigenvalue weighted by Gasteiger charge is -2.14. The molecule has 0 saturated carbocycles. The largest absolute Gasteiger partial charge is 0.313 e. The Hall–Kier alpha value is -0.830. The molecule has 0 bridgehead atoms. The molecule has 1 aliphatic rings. The predicted molar refractivity (Wildman–Crippen MR) is 81.2 cm³/mol. The van der Waals surface area contributed by atoms with Crippen LogP contribution < -0.4 is 5.32 Å². The van der Waals surface area contributed by atoms with E-state index in [1.54, 1.807) is 6.07 Å². The van der Waals surface area contributed by atoms with Crippen molar-refractivity contribution >= 4 is 34.1 Å². The van der Waals surface area contributed by atoms with Gasteiger partial charge in [0.2, 0.25) is 0 Å². The molecule has 19 heavy (non-hydrogen) atoms. The van der Waals surface area contributed by atoms with Gasteiger partial charge in [-0.2, -0.15) is 0 Å². The summed E-state index contributed by atoms with van der Waals surface area (Å²) >= 11 is 12.5. The predicted octanol–water partition coefficient (Wildman–Crippen LogP) is 4.14. The van der Waals surface area contributed by atoms with Gasteiger partial charge in [-0.1, -0.05) is 30.1 Å². The number of nitrogens with zero attached hydrogens (tertiary/aromatic N) is 1. The first-order valence-corrected chi connectivity index (χ1v) is 7.46. The molecule has 3 rings (SSSR count). The summed E-state index contributed by atoms with van der Waals surface area (Å²) in [6, 6.07) is 3.76. The van der Waals surface area contributed by atoms with E-state index in [9.17, 15) is 0 Å². The zero-order chi connectivity index (χ0) is 13.4. The summed E-state index contributed by atoms with van der Waals surface area (Å²) in [5.74, 6) is 0. The Bertz CT molecular complexity index is 638. The first-order valence-electron chi connectivity index (χ1n) is 6.70. The van der Waals surface area contributed by atoms with Gasteiger partial charge in [-0.25, -0.2) is 0 Å². The summed E-state index contributed by atoms with van der Waals surface area (Å²) in [6.45, 7) is 3.92. The first-order chi connectivity index (χ1) is 9.20. The fraction of sp³-hybridized carbons (Fsp3) is 0.400. The molecule has 4 heteroatoms. The molecule has 2 aromatic rings. The van der Waals surface area contributed by atoms with Crippen molar-refractivity contribution in [3.63, 3.8) is 0 Å². The number of aromatic nitrogens is 1. The number of fused-ring (bicyclic) bond motifs is 2. The fourth-order valence-corrected chi connectivity index (χ4v) is 3.37. The van der Waals surface area contributed by atoms with Gasteiger partial charge in [0, 0.05) is 22.6 Å². The molecule has 0 spiro atoms. The number of hydrogen-bond acceptors (Lipinski definition) is 2. The van der Waals surface area contributed by atoms with Crippen molar-refractivity contribution in [3.8, 4) is 0 Å². The third kappa shape index (κ3) is 2.33. The lowest BCUT2D eigenvalue weighted by Crippen LogP contribution is -2.14. The number of nitrogens with one attached hydrogen (secondary N) is 1. The second-order valence-corrected chi connectivity index (χ2v) is 5.78. The first kappa shape index (κ1) is 13.2. The van der Waals surface area contributed by atoms with E-state index in [0.29, 0.717) is 10.0 Å². The van der Waals surface area contributed by atoms with Crippen LogP contribution in [0, 0.1) is 0 Å². The van der Waals surface area contributed by atoms with E-state index >= 15 is 0 Å². The molecule has 1 N–H and O–H groups in total. The van der Waals surface area contributed by atoms with Crippen LogP contribution in [0.4, 0.5) is 0 Å². The highest BCUT2D eigenvalue weighted by atomic mass is 35.5. The number of rotatable bonds is 3. The summed E-state index contributed by atoms with van der Waals surface area (Å²) in [5.41, 5.74) is 4.82. The minimum atomic E-state index is 0.648. The van der Waals surface area contributed by atoms with E-state index in [1.165, 1.54) is 23.2 Å². The van der Waals surface area contributed by atoms with Crippen LogP contribution >= 0.6 is 23.2 Å². The smallest absolute Gasteiger partial charge is 0.0895 e. The lowest BCUT2D eigenvalue weighted by molar-refractivity contribution is 0.724. The van der Waals surface area contributed by atoms with Gasteiger partial charge in [0.15, 0.2) is 0 Å². The number of hydrogen-bond donors (Lipinski definition) is 1. The Morgan fingerprint density at radius 3 is 2.89 bits per heavy atom. The van der Waals surface area contributed by atoms with E-state index in [1.807, 2.05) is 6.07 Å². The monoisotopic (exact) mass is 294 g/mol. The zero-order valence-corrected chi connectivity index (χ0v) is 12.4. The van der Waals surface area contributed by atoms with Crippen LogP contribution in [0.1, 0.15) is 30.2 Å². The average Bonchev–Trinajstić information content (AvgIpc) is 2.83. The normalized spacial score (nSPS) is 14.1. The Labute approximate surface area is 123 Å². The maximum Gasteiger partial charge on any atom is 0.0895 e. The van der Waals surface area contributed by atoms with E-state index in [4.69, 9.17) is 28.2 Å². The fourth-order valence-electron chi connectivity index (χ4n) is 2.84. The van der Waals surface area contributed by atoms with Crippen LogP contribution in [0.3, 0.4) is 0 Å². The molecule has 1 aromatic carbocycles. The molecule has 0 radical (unpaired) electrons. The Balaban J connectivity index is 2.28. The third-order valence-corrected chi connectivity index (χ3v) is 4.21. The molecule has 0 aliphatic heterocycles. The van der Waals surface area contributed by atoms with E-state index in [2.05, 4.69) is 12.2 Å². The molecule has 0 atom stereocenters. The van der Waals surface area contributed by atoms with Crippen LogP contribution in [-0.2, 0) is 19.4 Å². The number of benzene rings is 1. The van der Waals surface area contributed by atoms with Crippen molar-refractivity contribution in [2.75, 3.05) is 6.54 Å². The Kier molecular flexibility index (Phi) is 3.66. The molecule has 1 aromatic heterocycles. The van der Waals surface area contributed by atoms with Crippen molar-refractivity contribution in [2.45, 2.75) is 32.7 Å². The third-order valence-electron chi connectivity index (χ3n) is 3.70. The second kappa shape index (κ2) is 5.28. The molecular weight excluding hydrogens is 279 g/mol. The van der Waals surface area contributed by atoms with Crippen LogP contribution in [0.5, 0.6) is 0 Å². The van der Waals surface area contributed by atoms with Crippen molar-refractivity contribution in [2.24, 2.45) is 0 Å². The zero-order valence-electron chi connectivity index (χ0n) is 10.9. The molecule has 0 amide bonds. The molecule has 0 saturated heterocycles. The summed E-state index contributed by atoms with van der Waals surface area (Å²) in [5, 5.41) is 5.83. The van der Waals surface area contributed by atoms with E-state index in [-0.39, 0.29) is 0 Å². The van der Waals surface area contributed by atoms with E-state index in [0.717, 1.165) is 36.8 Å². The van der Waals surface area contributed by atoms with Crippen molar-refractivity contribution in [1.29, 1.82) is 0 Å². The second-order valence-electron chi connectivity index (χ2n) is 4.93. The van der Waals surface area contributed by atoms with Crippen LogP contribution in [0.2, 0.25) is 10.0 Å². The molecule has 1 heterocycles. The van der Waals surface area contributed by atoms with Gasteiger partial charge < -0.3 is 5.32 Å². The topological polar surface area (TPSA) is 24.9 Å². The molecule has 0 fully saturated rings. The molecule has 1 aliphatic carbocycles. The quantitative estimate of drug-likeness (QED) is 0.920. The van der Waals surface area contributed by atoms with Gasteiger partial charge >= 0.3 is 0 Å². The number of pyridine rings is 1. The molecule has 100 valence electrons. The van der Waals surface area contributed by atoms with Crippen LogP contribution in [-0.4, -0.2) is 11.5 Å². The highest BCUT2D eigenvalue weighted by Crippen LogP contribution is 2.34. The van der Waals surface area contributed by atoms with Gasteiger partial charge in [-0.3, -0.25) is 4.98 Å². The van der Waals surface area contributed by atoms with Gasteiger partial charge in [0.25, 0.3) is 0 Å². The molecule has 0 unspecified atom stereocenters. The minimum Gasteiger partial charge on any atom is -0.313 e. The molecule has 2 nitrogen and oxygen atoms in total. The highest BCUT2D eigenvalue weighted by Gasteiger charge is 2.20. The summed E-state index contributed by atoms with van der Waals surface area (Å²) in [4.78, 5) is 4.75. The van der Waals surface area contributed by atoms with Crippen LogP contribution in [0.15, 0.2) is 12.1 Å². The maximum absolute atomic E-state index is 6.30. The lowest BCUT2D eigenvalue weighted by atomic mass is 10.0. The summed E-state index contributed by atoms with van der Waals surface area (Å²) in [6.07, 6.45) is 3.36. The maximum atomic E-state index is 6.30. The van der Waals surface area contributed by atoms with Crippen molar-refractivity contribution < 1.29 is 0 Å².